The topological polar surface area (TPSA) is 62.7 Å². The molecule has 1 unspecified atom stereocenters. The van der Waals surface area contributed by atoms with Crippen LogP contribution >= 0.6 is 0 Å². The lowest BCUT2D eigenvalue weighted by Crippen LogP contribution is -2.50. The number of amides is 2. The third-order valence-corrected chi connectivity index (χ3v) is 4.67. The van der Waals surface area contributed by atoms with E-state index in [2.05, 4.69) is 4.98 Å². The number of aromatic nitrogens is 1. The molecule has 0 saturated carbocycles. The summed E-state index contributed by atoms with van der Waals surface area (Å²) in [5.74, 6) is -1.95. The molecule has 6 nitrogen and oxygen atoms in total. The van der Waals surface area contributed by atoms with E-state index in [1.54, 1.807) is 40.1 Å². The lowest BCUT2D eigenvalue weighted by atomic mass is 10.0. The van der Waals surface area contributed by atoms with E-state index in [0.29, 0.717) is 5.69 Å². The zero-order valence-corrected chi connectivity index (χ0v) is 18.8. The Labute approximate surface area is 181 Å². The number of carbonyl (C=O) groups is 2. The van der Waals surface area contributed by atoms with Crippen LogP contribution in [0.3, 0.4) is 0 Å². The number of ether oxygens (including phenoxy) is 1. The Morgan fingerprint density at radius 1 is 1.10 bits per heavy atom. The third-order valence-electron chi connectivity index (χ3n) is 4.67. The van der Waals surface area contributed by atoms with E-state index >= 15 is 0 Å². The summed E-state index contributed by atoms with van der Waals surface area (Å²) in [5.41, 5.74) is 0.895. The molecular formula is C23H29F2N3O3. The van der Waals surface area contributed by atoms with Crippen LogP contribution in [0.1, 0.15) is 39.0 Å². The van der Waals surface area contributed by atoms with E-state index < -0.39 is 35.3 Å². The smallest absolute Gasteiger partial charge is 0.410 e. The molecule has 0 aliphatic carbocycles. The summed E-state index contributed by atoms with van der Waals surface area (Å²) < 4.78 is 32.8. The molecule has 1 heterocycles. The Balaban J connectivity index is 2.36. The second-order valence-corrected chi connectivity index (χ2v) is 8.35. The van der Waals surface area contributed by atoms with Crippen LogP contribution < -0.4 is 4.90 Å². The lowest BCUT2D eigenvalue weighted by molar-refractivity contribution is -0.123. The van der Waals surface area contributed by atoms with Gasteiger partial charge in [-0.2, -0.15) is 0 Å². The fraction of sp³-hybridized carbons (Fsp3) is 0.435. The molecule has 0 aliphatic rings. The number of hydrogen-bond acceptors (Lipinski definition) is 4. The molecule has 168 valence electrons. The van der Waals surface area contributed by atoms with Gasteiger partial charge in [-0.1, -0.05) is 6.92 Å². The minimum absolute atomic E-state index is 0.0892. The van der Waals surface area contributed by atoms with E-state index in [1.165, 1.54) is 11.9 Å². The molecule has 0 radical (unpaired) electrons. The van der Waals surface area contributed by atoms with Crippen LogP contribution in [0, 0.1) is 11.6 Å². The largest absolute Gasteiger partial charge is 0.444 e. The van der Waals surface area contributed by atoms with Gasteiger partial charge in [-0.3, -0.25) is 14.7 Å². The number of carbonyl (C=O) groups excluding carboxylic acids is 2. The van der Waals surface area contributed by atoms with Gasteiger partial charge in [0.05, 0.1) is 11.9 Å². The average molecular weight is 433 g/mol. The Hall–Kier alpha value is -3.03. The first-order chi connectivity index (χ1) is 14.4. The predicted molar refractivity (Wildman–Crippen MR) is 115 cm³/mol. The van der Waals surface area contributed by atoms with Crippen molar-refractivity contribution in [2.24, 2.45) is 0 Å². The average Bonchev–Trinajstić information content (AvgIpc) is 2.68. The number of nitrogens with zero attached hydrogens (tertiary/aromatic N) is 3. The van der Waals surface area contributed by atoms with Crippen molar-refractivity contribution in [3.05, 3.63) is 59.4 Å². The van der Waals surface area contributed by atoms with Crippen molar-refractivity contribution in [1.82, 2.24) is 9.88 Å². The minimum Gasteiger partial charge on any atom is -0.444 e. The van der Waals surface area contributed by atoms with Gasteiger partial charge in [0.1, 0.15) is 23.3 Å². The van der Waals surface area contributed by atoms with Crippen molar-refractivity contribution in [2.45, 2.75) is 52.2 Å². The Bertz CT molecular complexity index is 906. The highest BCUT2D eigenvalue weighted by Crippen LogP contribution is 2.20. The van der Waals surface area contributed by atoms with Gasteiger partial charge in [0, 0.05) is 32.3 Å². The first-order valence-corrected chi connectivity index (χ1v) is 10.0. The zero-order valence-electron chi connectivity index (χ0n) is 18.8. The van der Waals surface area contributed by atoms with Crippen LogP contribution in [0.15, 0.2) is 36.5 Å². The minimum atomic E-state index is -1.05. The molecule has 2 aromatic rings. The highest BCUT2D eigenvalue weighted by molar-refractivity contribution is 5.98. The van der Waals surface area contributed by atoms with Crippen LogP contribution in [-0.2, 0) is 22.4 Å². The van der Waals surface area contributed by atoms with E-state index in [-0.39, 0.29) is 12.0 Å². The second-order valence-electron chi connectivity index (χ2n) is 8.35. The van der Waals surface area contributed by atoms with Gasteiger partial charge in [-0.15, -0.1) is 0 Å². The number of likely N-dealkylation sites (N-methyl/N-ethyl adjacent to an activating group) is 2. The number of halogens is 2. The van der Waals surface area contributed by atoms with Crippen molar-refractivity contribution in [2.75, 3.05) is 19.0 Å². The van der Waals surface area contributed by atoms with Gasteiger partial charge in [-0.05, 0) is 57.0 Å². The summed E-state index contributed by atoms with van der Waals surface area (Å²) in [6, 6.07) is 5.56. The second kappa shape index (κ2) is 9.85. The molecule has 31 heavy (non-hydrogen) atoms. The lowest BCUT2D eigenvalue weighted by Gasteiger charge is -2.32. The number of hydrogen-bond donors (Lipinski definition) is 0. The molecule has 0 N–H and O–H groups in total. The maximum atomic E-state index is 13.7. The first kappa shape index (κ1) is 24.2. The summed E-state index contributed by atoms with van der Waals surface area (Å²) in [6.07, 6.45) is 1.53. The van der Waals surface area contributed by atoms with Crippen LogP contribution in [0.4, 0.5) is 19.3 Å². The Morgan fingerprint density at radius 3 is 2.19 bits per heavy atom. The van der Waals surface area contributed by atoms with Crippen molar-refractivity contribution in [3.8, 4) is 0 Å². The number of benzene rings is 1. The molecule has 2 amide bonds. The summed E-state index contributed by atoms with van der Waals surface area (Å²) >= 11 is 0. The number of anilines is 1. The van der Waals surface area contributed by atoms with Gasteiger partial charge in [0.15, 0.2) is 0 Å². The predicted octanol–water partition coefficient (Wildman–Crippen LogP) is 4.36. The molecule has 0 spiro atoms. The molecule has 0 aliphatic heterocycles. The molecule has 0 saturated heterocycles. The molecule has 1 aromatic carbocycles. The molecular weight excluding hydrogens is 404 g/mol. The van der Waals surface area contributed by atoms with Crippen molar-refractivity contribution < 1.29 is 23.1 Å². The normalized spacial score (nSPS) is 12.3. The molecule has 0 fully saturated rings. The number of pyridine rings is 1. The van der Waals surface area contributed by atoms with E-state index in [4.69, 9.17) is 4.74 Å². The van der Waals surface area contributed by atoms with E-state index in [1.807, 2.05) is 13.0 Å². The van der Waals surface area contributed by atoms with Crippen LogP contribution in [0.25, 0.3) is 0 Å². The van der Waals surface area contributed by atoms with E-state index in [0.717, 1.165) is 35.2 Å². The monoisotopic (exact) mass is 433 g/mol. The van der Waals surface area contributed by atoms with Crippen molar-refractivity contribution >= 4 is 17.7 Å². The summed E-state index contributed by atoms with van der Waals surface area (Å²) in [5, 5.41) is 0. The van der Waals surface area contributed by atoms with Gasteiger partial charge < -0.3 is 9.64 Å². The van der Waals surface area contributed by atoms with Crippen LogP contribution in [0.5, 0.6) is 0 Å². The standard InChI is InChI=1S/C23H29F2N3O3/c1-7-18-8-9-19(14-26-18)27(5)21(29)20(28(6)22(30)31-23(2,3)4)12-15-10-16(24)13-17(25)11-15/h8-11,13-14,20H,7,12H2,1-6H3. The molecule has 2 rings (SSSR count). The van der Waals surface area contributed by atoms with Gasteiger partial charge in [-0.25, -0.2) is 13.6 Å². The van der Waals surface area contributed by atoms with E-state index in [9.17, 15) is 18.4 Å². The maximum Gasteiger partial charge on any atom is 0.410 e. The van der Waals surface area contributed by atoms with Gasteiger partial charge in [0.2, 0.25) is 5.91 Å². The molecule has 1 atom stereocenters. The molecule has 0 bridgehead atoms. The summed E-state index contributed by atoms with van der Waals surface area (Å²) in [7, 11) is 2.99. The number of rotatable bonds is 6. The quantitative estimate of drug-likeness (QED) is 0.679. The highest BCUT2D eigenvalue weighted by Gasteiger charge is 2.33. The van der Waals surface area contributed by atoms with Crippen molar-refractivity contribution in [1.29, 1.82) is 0 Å². The summed E-state index contributed by atoms with van der Waals surface area (Å²) in [4.78, 5) is 32.8. The van der Waals surface area contributed by atoms with Gasteiger partial charge in [0.25, 0.3) is 0 Å². The summed E-state index contributed by atoms with van der Waals surface area (Å²) in [6.45, 7) is 7.11. The zero-order chi connectivity index (χ0) is 23.3. The van der Waals surface area contributed by atoms with Crippen LogP contribution in [0.2, 0.25) is 0 Å². The van der Waals surface area contributed by atoms with Gasteiger partial charge >= 0.3 is 6.09 Å². The fourth-order valence-corrected chi connectivity index (χ4v) is 2.98. The SMILES string of the molecule is CCc1ccc(N(C)C(=O)C(Cc2cc(F)cc(F)c2)N(C)C(=O)OC(C)(C)C)cn1. The molecule has 8 heteroatoms. The molecule has 1 aromatic heterocycles. The number of aryl methyl sites for hydroxylation is 1. The maximum absolute atomic E-state index is 13.7. The van der Waals surface area contributed by atoms with Crippen LogP contribution in [-0.4, -0.2) is 47.6 Å². The Kier molecular flexibility index (Phi) is 7.70. The third kappa shape index (κ3) is 6.73. The Morgan fingerprint density at radius 2 is 1.71 bits per heavy atom. The first-order valence-electron chi connectivity index (χ1n) is 10.0. The fourth-order valence-electron chi connectivity index (χ4n) is 2.98. The van der Waals surface area contributed by atoms with Crippen molar-refractivity contribution in [3.63, 3.8) is 0 Å². The highest BCUT2D eigenvalue weighted by atomic mass is 19.1.